The molecule has 5 heteroatoms. The Morgan fingerprint density at radius 2 is 1.88 bits per heavy atom. The predicted molar refractivity (Wildman–Crippen MR) is 99.5 cm³/mol. The van der Waals surface area contributed by atoms with Gasteiger partial charge < -0.3 is 5.32 Å². The Labute approximate surface area is 148 Å². The molecule has 0 bridgehead atoms. The van der Waals surface area contributed by atoms with Gasteiger partial charge in [-0.25, -0.2) is 0 Å². The van der Waals surface area contributed by atoms with Crippen LogP contribution in [0.25, 0.3) is 0 Å². The third kappa shape index (κ3) is 3.56. The fourth-order valence-electron chi connectivity index (χ4n) is 3.04. The van der Waals surface area contributed by atoms with E-state index >= 15 is 0 Å². The number of likely N-dealkylation sites (N-methyl/N-ethyl adjacent to an activating group) is 1. The third-order valence-electron chi connectivity index (χ3n) is 4.74. The van der Waals surface area contributed by atoms with Gasteiger partial charge in [-0.1, -0.05) is 36.4 Å². The zero-order valence-electron chi connectivity index (χ0n) is 14.8. The van der Waals surface area contributed by atoms with Crippen molar-refractivity contribution in [1.82, 2.24) is 4.90 Å². The molecule has 0 spiro atoms. The van der Waals surface area contributed by atoms with E-state index in [9.17, 15) is 9.59 Å². The maximum Gasteiger partial charge on any atom is 0.244 e. The summed E-state index contributed by atoms with van der Waals surface area (Å²) in [6.07, 6.45) is 0. The second-order valence-electron chi connectivity index (χ2n) is 6.51. The molecule has 0 unspecified atom stereocenters. The lowest BCUT2D eigenvalue weighted by Crippen LogP contribution is -2.50. The summed E-state index contributed by atoms with van der Waals surface area (Å²) in [7, 11) is 1.94. The van der Waals surface area contributed by atoms with E-state index in [1.54, 1.807) is 4.90 Å². The van der Waals surface area contributed by atoms with E-state index in [2.05, 4.69) is 24.4 Å². The van der Waals surface area contributed by atoms with E-state index in [0.29, 0.717) is 12.2 Å². The number of nitrogens with zero attached hydrogens (tertiary/aromatic N) is 2. The summed E-state index contributed by atoms with van der Waals surface area (Å²) in [6.45, 7) is 4.69. The number of para-hydroxylation sites is 2. The minimum Gasteiger partial charge on any atom is -0.323 e. The van der Waals surface area contributed by atoms with Gasteiger partial charge in [0.15, 0.2) is 0 Å². The van der Waals surface area contributed by atoms with Crippen LogP contribution in [-0.2, 0) is 16.1 Å². The monoisotopic (exact) mass is 337 g/mol. The van der Waals surface area contributed by atoms with Gasteiger partial charge in [0.05, 0.1) is 17.4 Å². The second-order valence-corrected chi connectivity index (χ2v) is 6.51. The Balaban J connectivity index is 1.78. The van der Waals surface area contributed by atoms with Crippen LogP contribution in [0.1, 0.15) is 18.1 Å². The molecule has 5 nitrogen and oxygen atoms in total. The lowest BCUT2D eigenvalue weighted by Gasteiger charge is -2.34. The van der Waals surface area contributed by atoms with Gasteiger partial charge in [-0.15, -0.1) is 0 Å². The number of hydrogen-bond donors (Lipinski definition) is 1. The summed E-state index contributed by atoms with van der Waals surface area (Å²) in [5.41, 5.74) is 3.84. The van der Waals surface area contributed by atoms with Crippen molar-refractivity contribution in [1.29, 1.82) is 0 Å². The van der Waals surface area contributed by atoms with Crippen LogP contribution in [0.4, 0.5) is 11.4 Å². The number of benzene rings is 2. The number of amides is 2. The molecule has 1 atom stereocenters. The molecule has 2 aromatic carbocycles. The molecule has 25 heavy (non-hydrogen) atoms. The van der Waals surface area contributed by atoms with E-state index < -0.39 is 0 Å². The number of carbonyl (C=O) groups excluding carboxylic acids is 2. The smallest absolute Gasteiger partial charge is 0.244 e. The van der Waals surface area contributed by atoms with Crippen LogP contribution in [0.2, 0.25) is 0 Å². The minimum atomic E-state index is -0.335. The van der Waals surface area contributed by atoms with Crippen LogP contribution in [-0.4, -0.2) is 36.3 Å². The summed E-state index contributed by atoms with van der Waals surface area (Å²) in [5.74, 6) is -0.237. The van der Waals surface area contributed by atoms with Crippen molar-refractivity contribution in [3.05, 3.63) is 59.7 Å². The van der Waals surface area contributed by atoms with Gasteiger partial charge in [0.1, 0.15) is 6.54 Å². The van der Waals surface area contributed by atoms with E-state index in [1.165, 1.54) is 11.1 Å². The topological polar surface area (TPSA) is 52.7 Å². The molecule has 1 aliphatic heterocycles. The van der Waals surface area contributed by atoms with Crippen molar-refractivity contribution < 1.29 is 9.59 Å². The van der Waals surface area contributed by atoms with Crippen LogP contribution in [0.5, 0.6) is 0 Å². The molecule has 0 aliphatic carbocycles. The van der Waals surface area contributed by atoms with Crippen LogP contribution in [0.15, 0.2) is 48.5 Å². The molecule has 2 amide bonds. The highest BCUT2D eigenvalue weighted by Crippen LogP contribution is 2.29. The number of aryl methyl sites for hydroxylation is 1. The molecule has 0 saturated heterocycles. The van der Waals surface area contributed by atoms with Gasteiger partial charge in [-0.2, -0.15) is 0 Å². The van der Waals surface area contributed by atoms with E-state index in [4.69, 9.17) is 0 Å². The Morgan fingerprint density at radius 3 is 2.64 bits per heavy atom. The Morgan fingerprint density at radius 1 is 1.20 bits per heavy atom. The molecule has 130 valence electrons. The first-order valence-electron chi connectivity index (χ1n) is 8.42. The number of rotatable bonds is 4. The summed E-state index contributed by atoms with van der Waals surface area (Å²) < 4.78 is 0. The van der Waals surface area contributed by atoms with Crippen LogP contribution in [0, 0.1) is 6.92 Å². The van der Waals surface area contributed by atoms with Gasteiger partial charge in [-0.05, 0) is 44.2 Å². The Bertz CT molecular complexity index is 803. The molecular weight excluding hydrogens is 314 g/mol. The summed E-state index contributed by atoms with van der Waals surface area (Å²) in [4.78, 5) is 28.6. The van der Waals surface area contributed by atoms with Crippen LogP contribution < -0.4 is 10.2 Å². The predicted octanol–water partition coefficient (Wildman–Crippen LogP) is 2.80. The average Bonchev–Trinajstić information content (AvgIpc) is 2.61. The highest BCUT2D eigenvalue weighted by molar-refractivity contribution is 6.11. The molecule has 1 heterocycles. The van der Waals surface area contributed by atoms with Crippen molar-refractivity contribution in [2.45, 2.75) is 26.4 Å². The molecule has 1 aliphatic rings. The number of anilines is 2. The standard InChI is InChI=1S/C20H23N3O2/c1-14-8-4-5-9-16(14)12-22(3)15(2)20(25)23-13-19(24)21-17-10-6-7-11-18(17)23/h4-11,15H,12-13H2,1-3H3,(H,21,24)/t15-/m0/s1. The zero-order valence-corrected chi connectivity index (χ0v) is 14.8. The minimum absolute atomic E-state index is 0.0540. The zero-order chi connectivity index (χ0) is 18.0. The summed E-state index contributed by atoms with van der Waals surface area (Å²) in [6, 6.07) is 15.2. The molecule has 0 aromatic heterocycles. The van der Waals surface area contributed by atoms with Crippen molar-refractivity contribution in [3.63, 3.8) is 0 Å². The van der Waals surface area contributed by atoms with E-state index in [-0.39, 0.29) is 24.4 Å². The highest BCUT2D eigenvalue weighted by Gasteiger charge is 2.31. The summed E-state index contributed by atoms with van der Waals surface area (Å²) >= 11 is 0. The SMILES string of the molecule is Cc1ccccc1CN(C)[C@@H](C)C(=O)N1CC(=O)Nc2ccccc21. The maximum atomic E-state index is 13.0. The molecule has 0 fully saturated rings. The van der Waals surface area contributed by atoms with Crippen LogP contribution >= 0.6 is 0 Å². The maximum absolute atomic E-state index is 13.0. The highest BCUT2D eigenvalue weighted by atomic mass is 16.2. The quantitative estimate of drug-likeness (QED) is 0.933. The van der Waals surface area contributed by atoms with Crippen molar-refractivity contribution >= 4 is 23.2 Å². The summed E-state index contributed by atoms with van der Waals surface area (Å²) in [5, 5.41) is 2.81. The molecule has 0 saturated carbocycles. The fourth-order valence-corrected chi connectivity index (χ4v) is 3.04. The first-order valence-corrected chi connectivity index (χ1v) is 8.42. The lowest BCUT2D eigenvalue weighted by molar-refractivity contribution is -0.125. The average molecular weight is 337 g/mol. The van der Waals surface area contributed by atoms with E-state index in [1.807, 2.05) is 55.3 Å². The van der Waals surface area contributed by atoms with Crippen molar-refractivity contribution in [2.75, 3.05) is 23.8 Å². The fraction of sp³-hybridized carbons (Fsp3) is 0.300. The Hall–Kier alpha value is -2.66. The normalized spacial score (nSPS) is 14.9. The van der Waals surface area contributed by atoms with Crippen LogP contribution in [0.3, 0.4) is 0 Å². The first-order chi connectivity index (χ1) is 12.0. The number of nitrogens with one attached hydrogen (secondary N) is 1. The largest absolute Gasteiger partial charge is 0.323 e. The molecule has 0 radical (unpaired) electrons. The second kappa shape index (κ2) is 7.07. The van der Waals surface area contributed by atoms with E-state index in [0.717, 1.165) is 5.69 Å². The first kappa shape index (κ1) is 17.2. The third-order valence-corrected chi connectivity index (χ3v) is 4.74. The molecular formula is C20H23N3O2. The van der Waals surface area contributed by atoms with Gasteiger partial charge in [0.2, 0.25) is 11.8 Å². The van der Waals surface area contributed by atoms with Gasteiger partial charge in [0, 0.05) is 6.54 Å². The lowest BCUT2D eigenvalue weighted by atomic mass is 10.1. The van der Waals surface area contributed by atoms with Crippen molar-refractivity contribution in [3.8, 4) is 0 Å². The number of fused-ring (bicyclic) bond motifs is 1. The number of carbonyl (C=O) groups is 2. The van der Waals surface area contributed by atoms with Crippen molar-refractivity contribution in [2.24, 2.45) is 0 Å². The van der Waals surface area contributed by atoms with Gasteiger partial charge in [0.25, 0.3) is 0 Å². The Kier molecular flexibility index (Phi) is 4.86. The number of hydrogen-bond acceptors (Lipinski definition) is 3. The van der Waals surface area contributed by atoms with Gasteiger partial charge in [-0.3, -0.25) is 19.4 Å². The molecule has 2 aromatic rings. The molecule has 3 rings (SSSR count). The molecule has 1 N–H and O–H groups in total. The van der Waals surface area contributed by atoms with Gasteiger partial charge >= 0.3 is 0 Å².